The van der Waals surface area contributed by atoms with Crippen LogP contribution in [-0.2, 0) is 4.74 Å². The van der Waals surface area contributed by atoms with Crippen LogP contribution in [0, 0.1) is 5.92 Å². The van der Waals surface area contributed by atoms with E-state index in [-0.39, 0.29) is 12.1 Å². The second kappa shape index (κ2) is 7.62. The SMILES string of the molecule is CCNC(=O)N[C@H](C)COCC(C)C. The van der Waals surface area contributed by atoms with Crippen molar-refractivity contribution < 1.29 is 9.53 Å². The monoisotopic (exact) mass is 202 g/mol. The fraction of sp³-hybridized carbons (Fsp3) is 0.900. The van der Waals surface area contributed by atoms with Crippen LogP contribution in [0.3, 0.4) is 0 Å². The van der Waals surface area contributed by atoms with E-state index in [2.05, 4.69) is 24.5 Å². The molecule has 4 nitrogen and oxygen atoms in total. The van der Waals surface area contributed by atoms with Crippen molar-refractivity contribution in [2.45, 2.75) is 33.7 Å². The van der Waals surface area contributed by atoms with Gasteiger partial charge in [-0.15, -0.1) is 0 Å². The maximum Gasteiger partial charge on any atom is 0.315 e. The van der Waals surface area contributed by atoms with Crippen LogP contribution >= 0.6 is 0 Å². The van der Waals surface area contributed by atoms with Crippen molar-refractivity contribution in [1.82, 2.24) is 10.6 Å². The lowest BCUT2D eigenvalue weighted by Crippen LogP contribution is -2.42. The molecule has 0 aromatic carbocycles. The summed E-state index contributed by atoms with van der Waals surface area (Å²) in [6, 6.07) is -0.0755. The molecule has 0 heterocycles. The number of carbonyl (C=O) groups is 1. The number of hydrogen-bond donors (Lipinski definition) is 2. The van der Waals surface area contributed by atoms with Crippen molar-refractivity contribution in [3.05, 3.63) is 0 Å². The van der Waals surface area contributed by atoms with E-state index in [1.54, 1.807) is 0 Å². The van der Waals surface area contributed by atoms with E-state index in [1.165, 1.54) is 0 Å². The molecule has 0 rings (SSSR count). The van der Waals surface area contributed by atoms with Gasteiger partial charge in [0, 0.05) is 13.2 Å². The number of urea groups is 1. The fourth-order valence-electron chi connectivity index (χ4n) is 0.958. The predicted octanol–water partition coefficient (Wildman–Crippen LogP) is 1.37. The zero-order valence-electron chi connectivity index (χ0n) is 9.59. The standard InChI is InChI=1S/C10H22N2O2/c1-5-11-10(13)12-9(4)7-14-6-8(2)3/h8-9H,5-7H2,1-4H3,(H2,11,12,13)/t9-/m1/s1. The molecule has 1 atom stereocenters. The van der Waals surface area contributed by atoms with E-state index in [4.69, 9.17) is 4.74 Å². The molecule has 14 heavy (non-hydrogen) atoms. The Labute approximate surface area is 86.4 Å². The largest absolute Gasteiger partial charge is 0.379 e. The van der Waals surface area contributed by atoms with Gasteiger partial charge in [0.05, 0.1) is 12.6 Å². The molecular weight excluding hydrogens is 180 g/mol. The molecule has 0 spiro atoms. The second-order valence-electron chi connectivity index (χ2n) is 3.84. The summed E-state index contributed by atoms with van der Waals surface area (Å²) >= 11 is 0. The summed E-state index contributed by atoms with van der Waals surface area (Å²) < 4.78 is 5.39. The fourth-order valence-corrected chi connectivity index (χ4v) is 0.958. The van der Waals surface area contributed by atoms with E-state index in [9.17, 15) is 4.79 Å². The third-order valence-corrected chi connectivity index (χ3v) is 1.53. The van der Waals surface area contributed by atoms with E-state index in [1.807, 2.05) is 13.8 Å². The molecule has 2 amide bonds. The van der Waals surface area contributed by atoms with Crippen LogP contribution in [0.15, 0.2) is 0 Å². The van der Waals surface area contributed by atoms with Gasteiger partial charge >= 0.3 is 6.03 Å². The molecule has 0 radical (unpaired) electrons. The van der Waals surface area contributed by atoms with Gasteiger partial charge in [-0.2, -0.15) is 0 Å². The van der Waals surface area contributed by atoms with Crippen molar-refractivity contribution >= 4 is 6.03 Å². The molecule has 0 aliphatic carbocycles. The summed E-state index contributed by atoms with van der Waals surface area (Å²) in [5.41, 5.74) is 0. The zero-order chi connectivity index (χ0) is 11.0. The molecule has 0 aromatic heterocycles. The van der Waals surface area contributed by atoms with Crippen molar-refractivity contribution in [2.75, 3.05) is 19.8 Å². The van der Waals surface area contributed by atoms with Gasteiger partial charge in [-0.1, -0.05) is 13.8 Å². The Morgan fingerprint density at radius 2 is 1.93 bits per heavy atom. The normalized spacial score (nSPS) is 12.6. The summed E-state index contributed by atoms with van der Waals surface area (Å²) in [7, 11) is 0. The van der Waals surface area contributed by atoms with E-state index >= 15 is 0 Å². The smallest absolute Gasteiger partial charge is 0.315 e. The first-order chi connectivity index (χ1) is 6.56. The third-order valence-electron chi connectivity index (χ3n) is 1.53. The van der Waals surface area contributed by atoms with Gasteiger partial charge in [0.25, 0.3) is 0 Å². The highest BCUT2D eigenvalue weighted by Crippen LogP contribution is 1.93. The molecule has 4 heteroatoms. The first kappa shape index (κ1) is 13.2. The number of rotatable bonds is 6. The average molecular weight is 202 g/mol. The molecule has 0 fully saturated rings. The molecule has 0 aromatic rings. The minimum Gasteiger partial charge on any atom is -0.379 e. The molecular formula is C10H22N2O2. The maximum atomic E-state index is 11.1. The Morgan fingerprint density at radius 1 is 1.29 bits per heavy atom. The highest BCUT2D eigenvalue weighted by molar-refractivity contribution is 5.74. The Morgan fingerprint density at radius 3 is 2.43 bits per heavy atom. The van der Waals surface area contributed by atoms with Crippen LogP contribution in [0.2, 0.25) is 0 Å². The number of carbonyl (C=O) groups excluding carboxylic acids is 1. The lowest BCUT2D eigenvalue weighted by Gasteiger charge is -2.15. The van der Waals surface area contributed by atoms with Gasteiger partial charge in [-0.25, -0.2) is 4.79 Å². The summed E-state index contributed by atoms with van der Waals surface area (Å²) in [6.07, 6.45) is 0. The van der Waals surface area contributed by atoms with Crippen LogP contribution < -0.4 is 10.6 Å². The van der Waals surface area contributed by atoms with Crippen LogP contribution in [-0.4, -0.2) is 31.8 Å². The highest BCUT2D eigenvalue weighted by atomic mass is 16.5. The lowest BCUT2D eigenvalue weighted by molar-refractivity contribution is 0.0954. The third kappa shape index (κ3) is 7.86. The van der Waals surface area contributed by atoms with Gasteiger partial charge in [0.1, 0.15) is 0 Å². The first-order valence-electron chi connectivity index (χ1n) is 5.18. The Hall–Kier alpha value is -0.770. The lowest BCUT2D eigenvalue weighted by atomic mass is 10.2. The summed E-state index contributed by atoms with van der Waals surface area (Å²) in [4.78, 5) is 11.1. The minimum atomic E-state index is -0.131. The van der Waals surface area contributed by atoms with Crippen molar-refractivity contribution in [1.29, 1.82) is 0 Å². The number of nitrogens with one attached hydrogen (secondary N) is 2. The molecule has 0 aliphatic rings. The summed E-state index contributed by atoms with van der Waals surface area (Å²) in [5.74, 6) is 0.534. The maximum absolute atomic E-state index is 11.1. The minimum absolute atomic E-state index is 0.0558. The number of amides is 2. The number of ether oxygens (including phenoxy) is 1. The predicted molar refractivity (Wildman–Crippen MR) is 57.3 cm³/mol. The van der Waals surface area contributed by atoms with E-state index in [0.29, 0.717) is 19.1 Å². The molecule has 0 unspecified atom stereocenters. The Bertz CT molecular complexity index is 160. The van der Waals surface area contributed by atoms with Gasteiger partial charge < -0.3 is 15.4 Å². The van der Waals surface area contributed by atoms with Crippen LogP contribution in [0.25, 0.3) is 0 Å². The van der Waals surface area contributed by atoms with Gasteiger partial charge in [0.15, 0.2) is 0 Å². The molecule has 0 saturated heterocycles. The first-order valence-corrected chi connectivity index (χ1v) is 5.18. The topological polar surface area (TPSA) is 50.4 Å². The Kier molecular flexibility index (Phi) is 7.20. The molecule has 84 valence electrons. The number of hydrogen-bond acceptors (Lipinski definition) is 2. The summed E-state index contributed by atoms with van der Waals surface area (Å²) in [5, 5.41) is 5.45. The van der Waals surface area contributed by atoms with Crippen molar-refractivity contribution in [3.63, 3.8) is 0 Å². The Balaban J connectivity index is 3.44. The van der Waals surface area contributed by atoms with Gasteiger partial charge in [0.2, 0.25) is 0 Å². The van der Waals surface area contributed by atoms with Gasteiger partial charge in [-0.3, -0.25) is 0 Å². The van der Waals surface area contributed by atoms with Crippen molar-refractivity contribution in [3.8, 4) is 0 Å². The molecule has 0 aliphatic heterocycles. The van der Waals surface area contributed by atoms with Crippen LogP contribution in [0.5, 0.6) is 0 Å². The van der Waals surface area contributed by atoms with Crippen LogP contribution in [0.4, 0.5) is 4.79 Å². The highest BCUT2D eigenvalue weighted by Gasteiger charge is 2.05. The average Bonchev–Trinajstić information content (AvgIpc) is 2.03. The zero-order valence-corrected chi connectivity index (χ0v) is 9.59. The van der Waals surface area contributed by atoms with Crippen molar-refractivity contribution in [2.24, 2.45) is 5.92 Å². The van der Waals surface area contributed by atoms with Crippen LogP contribution in [0.1, 0.15) is 27.7 Å². The van der Waals surface area contributed by atoms with E-state index < -0.39 is 0 Å². The van der Waals surface area contributed by atoms with E-state index in [0.717, 1.165) is 6.61 Å². The molecule has 0 saturated carbocycles. The summed E-state index contributed by atoms with van der Waals surface area (Å²) in [6.45, 7) is 9.96. The molecule has 0 bridgehead atoms. The molecule has 2 N–H and O–H groups in total. The quantitative estimate of drug-likeness (QED) is 0.683. The second-order valence-corrected chi connectivity index (χ2v) is 3.84. The van der Waals surface area contributed by atoms with Gasteiger partial charge in [-0.05, 0) is 19.8 Å².